The van der Waals surface area contributed by atoms with E-state index in [1.165, 1.54) is 44.6 Å². The third-order valence-electron chi connectivity index (χ3n) is 3.71. The van der Waals surface area contributed by atoms with Crippen molar-refractivity contribution < 1.29 is 37.0 Å². The average Bonchev–Trinajstić information content (AvgIpc) is 2.69. The highest BCUT2D eigenvalue weighted by Crippen LogP contribution is 2.29. The number of methoxy groups -OCH3 is 2. The summed E-state index contributed by atoms with van der Waals surface area (Å²) in [5, 5.41) is 2.40. The number of carbonyl (C=O) groups is 2. The molecule has 2 rings (SSSR count). The van der Waals surface area contributed by atoms with Crippen molar-refractivity contribution in [3.8, 4) is 11.5 Å². The molecule has 0 aliphatic heterocycles. The van der Waals surface area contributed by atoms with E-state index in [0.29, 0.717) is 5.75 Å². The molecule has 0 aliphatic rings. The normalized spacial score (nSPS) is 10.9. The summed E-state index contributed by atoms with van der Waals surface area (Å²) in [4.78, 5) is 23.9. The minimum Gasteiger partial charge on any atom is -0.497 e. The highest BCUT2D eigenvalue weighted by Gasteiger charge is 2.30. The molecule has 0 unspecified atom stereocenters. The first-order valence-corrected chi connectivity index (χ1v) is 8.06. The molecule has 2 aromatic rings. The predicted octanol–water partition coefficient (Wildman–Crippen LogP) is 3.20. The van der Waals surface area contributed by atoms with E-state index < -0.39 is 30.2 Å². The molecule has 150 valence electrons. The minimum absolute atomic E-state index is 0.106. The van der Waals surface area contributed by atoms with E-state index in [1.807, 2.05) is 0 Å². The molecule has 0 aliphatic carbocycles. The molecule has 1 N–H and O–H groups in total. The van der Waals surface area contributed by atoms with Crippen molar-refractivity contribution in [3.63, 3.8) is 0 Å². The number of esters is 1. The molecule has 0 aromatic heterocycles. The summed E-state index contributed by atoms with van der Waals surface area (Å²) in [6.07, 6.45) is -4.47. The fraction of sp³-hybridized carbons (Fsp3) is 0.263. The lowest BCUT2D eigenvalue weighted by atomic mass is 10.1. The molecular weight excluding hydrogens is 379 g/mol. The second kappa shape index (κ2) is 9.12. The first kappa shape index (κ1) is 21.1. The van der Waals surface area contributed by atoms with Crippen LogP contribution in [0, 0.1) is 0 Å². The van der Waals surface area contributed by atoms with Crippen molar-refractivity contribution in [1.82, 2.24) is 5.32 Å². The number of alkyl halides is 3. The maximum Gasteiger partial charge on any atom is 0.416 e. The number of ether oxygens (including phenoxy) is 3. The predicted molar refractivity (Wildman–Crippen MR) is 93.1 cm³/mol. The molecule has 0 atom stereocenters. The van der Waals surface area contributed by atoms with Crippen LogP contribution in [0.15, 0.2) is 42.5 Å². The number of nitrogens with one attached hydrogen (secondary N) is 1. The van der Waals surface area contributed by atoms with Gasteiger partial charge in [0.1, 0.15) is 17.1 Å². The van der Waals surface area contributed by atoms with Crippen LogP contribution in [0.4, 0.5) is 13.2 Å². The zero-order valence-corrected chi connectivity index (χ0v) is 15.1. The lowest BCUT2D eigenvalue weighted by Gasteiger charge is -2.11. The highest BCUT2D eigenvalue weighted by molar-refractivity contribution is 5.94. The summed E-state index contributed by atoms with van der Waals surface area (Å²) >= 11 is 0. The molecule has 0 saturated heterocycles. The van der Waals surface area contributed by atoms with E-state index in [2.05, 4.69) is 5.32 Å². The highest BCUT2D eigenvalue weighted by atomic mass is 19.4. The van der Waals surface area contributed by atoms with E-state index >= 15 is 0 Å². The van der Waals surface area contributed by atoms with Gasteiger partial charge in [-0.2, -0.15) is 13.2 Å². The second-order valence-electron chi connectivity index (χ2n) is 5.62. The van der Waals surface area contributed by atoms with Gasteiger partial charge in [-0.3, -0.25) is 4.79 Å². The van der Waals surface area contributed by atoms with Gasteiger partial charge in [-0.25, -0.2) is 4.79 Å². The van der Waals surface area contributed by atoms with Crippen LogP contribution in [-0.4, -0.2) is 32.7 Å². The number of amides is 1. The third kappa shape index (κ3) is 5.63. The van der Waals surface area contributed by atoms with E-state index in [0.717, 1.165) is 12.1 Å². The van der Waals surface area contributed by atoms with E-state index in [-0.39, 0.29) is 23.4 Å². The van der Waals surface area contributed by atoms with Crippen molar-refractivity contribution >= 4 is 11.9 Å². The van der Waals surface area contributed by atoms with Gasteiger partial charge in [0, 0.05) is 12.6 Å². The van der Waals surface area contributed by atoms with Crippen molar-refractivity contribution in [2.75, 3.05) is 20.8 Å². The van der Waals surface area contributed by atoms with Crippen LogP contribution >= 0.6 is 0 Å². The SMILES string of the molecule is COc1ccc(C(=O)OCC(=O)NCc2cccc(C(F)(F)F)c2)c(OC)c1. The molecular formula is C19H18F3NO5. The second-order valence-corrected chi connectivity index (χ2v) is 5.62. The molecule has 28 heavy (non-hydrogen) atoms. The number of carbonyl (C=O) groups excluding carboxylic acids is 2. The molecule has 0 spiro atoms. The fourth-order valence-corrected chi connectivity index (χ4v) is 2.29. The summed E-state index contributed by atoms with van der Waals surface area (Å²) in [7, 11) is 2.83. The molecule has 0 bridgehead atoms. The summed E-state index contributed by atoms with van der Waals surface area (Å²) < 4.78 is 53.1. The smallest absolute Gasteiger partial charge is 0.416 e. The Morgan fingerprint density at radius 3 is 2.43 bits per heavy atom. The van der Waals surface area contributed by atoms with Gasteiger partial charge in [0.15, 0.2) is 6.61 Å². The molecule has 0 radical (unpaired) electrons. The van der Waals surface area contributed by atoms with E-state index in [9.17, 15) is 22.8 Å². The van der Waals surface area contributed by atoms with Crippen LogP contribution < -0.4 is 14.8 Å². The van der Waals surface area contributed by atoms with E-state index in [1.54, 1.807) is 0 Å². The molecule has 9 heteroatoms. The Balaban J connectivity index is 1.90. The van der Waals surface area contributed by atoms with Crippen LogP contribution in [0.2, 0.25) is 0 Å². The maximum atomic E-state index is 12.7. The maximum absolute atomic E-state index is 12.7. The molecule has 6 nitrogen and oxygen atoms in total. The van der Waals surface area contributed by atoms with Crippen molar-refractivity contribution in [3.05, 3.63) is 59.2 Å². The van der Waals surface area contributed by atoms with Crippen LogP contribution in [0.1, 0.15) is 21.5 Å². The monoisotopic (exact) mass is 397 g/mol. The Morgan fingerprint density at radius 2 is 1.79 bits per heavy atom. The molecule has 1 amide bonds. The third-order valence-corrected chi connectivity index (χ3v) is 3.71. The Morgan fingerprint density at radius 1 is 1.04 bits per heavy atom. The van der Waals surface area contributed by atoms with Crippen LogP contribution in [0.3, 0.4) is 0 Å². The minimum atomic E-state index is -4.47. The van der Waals surface area contributed by atoms with Gasteiger partial charge < -0.3 is 19.5 Å². The van der Waals surface area contributed by atoms with Gasteiger partial charge in [0.05, 0.1) is 19.8 Å². The standard InChI is InChI=1S/C19H18F3NO5/c1-26-14-6-7-15(16(9-14)27-2)18(25)28-11-17(24)23-10-12-4-3-5-13(8-12)19(20,21)22/h3-9H,10-11H2,1-2H3,(H,23,24). The van der Waals surface area contributed by atoms with Gasteiger partial charge in [0.2, 0.25) is 0 Å². The summed E-state index contributed by atoms with van der Waals surface area (Å²) in [5.41, 5.74) is -0.433. The number of hydrogen-bond acceptors (Lipinski definition) is 5. The van der Waals surface area contributed by atoms with Gasteiger partial charge in [-0.1, -0.05) is 12.1 Å². The quantitative estimate of drug-likeness (QED) is 0.727. The molecule has 0 heterocycles. The lowest BCUT2D eigenvalue weighted by molar-refractivity contribution is -0.137. The zero-order valence-electron chi connectivity index (χ0n) is 15.1. The number of hydrogen-bond donors (Lipinski definition) is 1. The molecule has 0 fully saturated rings. The van der Waals surface area contributed by atoms with Gasteiger partial charge in [0.25, 0.3) is 5.91 Å². The Kier molecular flexibility index (Phi) is 6.86. The van der Waals surface area contributed by atoms with Gasteiger partial charge >= 0.3 is 12.1 Å². The molecule has 2 aromatic carbocycles. The van der Waals surface area contributed by atoms with Crippen molar-refractivity contribution in [1.29, 1.82) is 0 Å². The largest absolute Gasteiger partial charge is 0.497 e. The summed E-state index contributed by atoms with van der Waals surface area (Å²) in [6.45, 7) is -0.723. The van der Waals surface area contributed by atoms with Crippen LogP contribution in [0.25, 0.3) is 0 Å². The van der Waals surface area contributed by atoms with Gasteiger partial charge in [-0.15, -0.1) is 0 Å². The zero-order chi connectivity index (χ0) is 20.7. The summed E-state index contributed by atoms with van der Waals surface area (Å²) in [5.74, 6) is -0.743. The van der Waals surface area contributed by atoms with Crippen LogP contribution in [0.5, 0.6) is 11.5 Å². The van der Waals surface area contributed by atoms with E-state index in [4.69, 9.17) is 14.2 Å². The van der Waals surface area contributed by atoms with Crippen molar-refractivity contribution in [2.45, 2.75) is 12.7 Å². The molecule has 0 saturated carbocycles. The summed E-state index contributed by atoms with van der Waals surface area (Å²) in [6, 6.07) is 9.03. The number of benzene rings is 2. The Labute approximate surface area is 159 Å². The number of halogens is 3. The Hall–Kier alpha value is -3.23. The van der Waals surface area contributed by atoms with Crippen molar-refractivity contribution in [2.24, 2.45) is 0 Å². The first-order valence-electron chi connectivity index (χ1n) is 8.06. The number of rotatable bonds is 7. The van der Waals surface area contributed by atoms with Gasteiger partial charge in [-0.05, 0) is 29.8 Å². The Bertz CT molecular complexity index is 852. The first-order chi connectivity index (χ1) is 13.2. The topological polar surface area (TPSA) is 73.9 Å². The lowest BCUT2D eigenvalue weighted by Crippen LogP contribution is -2.28. The fourth-order valence-electron chi connectivity index (χ4n) is 2.29. The van der Waals surface area contributed by atoms with Crippen LogP contribution in [-0.2, 0) is 22.3 Å². The average molecular weight is 397 g/mol.